The van der Waals surface area contributed by atoms with Crippen LogP contribution in [0.15, 0.2) is 42.5 Å². The lowest BCUT2D eigenvalue weighted by Gasteiger charge is -2.39. The molecule has 2 aromatic carbocycles. The molecule has 10 heteroatoms. The van der Waals surface area contributed by atoms with Crippen LogP contribution in [0.3, 0.4) is 0 Å². The van der Waals surface area contributed by atoms with Crippen molar-refractivity contribution in [1.82, 2.24) is 10.2 Å². The van der Waals surface area contributed by atoms with Gasteiger partial charge in [0.1, 0.15) is 23.4 Å². The highest BCUT2D eigenvalue weighted by atomic mass is 16.6. The second-order valence-corrected chi connectivity index (χ2v) is 11.1. The van der Waals surface area contributed by atoms with Crippen molar-refractivity contribution in [3.05, 3.63) is 59.2 Å². The van der Waals surface area contributed by atoms with Crippen LogP contribution in [-0.4, -0.2) is 53.5 Å². The van der Waals surface area contributed by atoms with E-state index in [-0.39, 0.29) is 12.8 Å². The van der Waals surface area contributed by atoms with Gasteiger partial charge < -0.3 is 30.7 Å². The fraction of sp³-hybridized carbons (Fsp3) is 0.484. The zero-order valence-electron chi connectivity index (χ0n) is 25.4. The lowest BCUT2D eigenvalue weighted by atomic mass is 9.92. The van der Waals surface area contributed by atoms with E-state index in [1.165, 1.54) is 4.90 Å². The highest BCUT2D eigenvalue weighted by molar-refractivity contribution is 5.99. The Bertz CT molecular complexity index is 1200. The van der Waals surface area contributed by atoms with E-state index in [2.05, 4.69) is 10.6 Å². The largest absolute Gasteiger partial charge is 0.497 e. The van der Waals surface area contributed by atoms with E-state index in [0.29, 0.717) is 23.4 Å². The van der Waals surface area contributed by atoms with Gasteiger partial charge in [-0.2, -0.15) is 0 Å². The molecule has 224 valence electrons. The molecule has 0 aliphatic rings. The molecule has 3 atom stereocenters. The van der Waals surface area contributed by atoms with Gasteiger partial charge in [-0.15, -0.1) is 0 Å². The van der Waals surface area contributed by atoms with Crippen LogP contribution in [0.4, 0.5) is 10.5 Å². The number of nitrogens with zero attached hydrogens (tertiary/aromatic N) is 1. The number of ether oxygens (including phenoxy) is 2. The highest BCUT2D eigenvalue weighted by Gasteiger charge is 2.39. The molecule has 10 nitrogen and oxygen atoms in total. The molecule has 0 aromatic heterocycles. The fourth-order valence-corrected chi connectivity index (χ4v) is 4.51. The number of alkyl carbamates (subject to hydrolysis) is 1. The van der Waals surface area contributed by atoms with Crippen molar-refractivity contribution >= 4 is 29.5 Å². The van der Waals surface area contributed by atoms with Crippen LogP contribution in [0.25, 0.3) is 0 Å². The second kappa shape index (κ2) is 14.5. The predicted octanol–water partition coefficient (Wildman–Crippen LogP) is 4.78. The molecule has 0 bridgehead atoms. The van der Waals surface area contributed by atoms with Crippen molar-refractivity contribution in [2.45, 2.75) is 91.5 Å². The van der Waals surface area contributed by atoms with Crippen LogP contribution in [0.1, 0.15) is 76.6 Å². The van der Waals surface area contributed by atoms with E-state index in [9.17, 15) is 19.2 Å². The molecule has 4 amide bonds. The van der Waals surface area contributed by atoms with Crippen LogP contribution in [0, 0.1) is 13.8 Å². The first-order valence-corrected chi connectivity index (χ1v) is 13.8. The summed E-state index contributed by atoms with van der Waals surface area (Å²) < 4.78 is 10.6. The number of hydrogen-bond acceptors (Lipinski definition) is 6. The number of anilines is 1. The Hall–Kier alpha value is -4.08. The van der Waals surface area contributed by atoms with Gasteiger partial charge in [0.05, 0.1) is 7.11 Å². The quantitative estimate of drug-likeness (QED) is 0.337. The predicted molar refractivity (Wildman–Crippen MR) is 158 cm³/mol. The van der Waals surface area contributed by atoms with Crippen LogP contribution >= 0.6 is 0 Å². The Balaban J connectivity index is 2.63. The van der Waals surface area contributed by atoms with Gasteiger partial charge in [0.25, 0.3) is 5.91 Å². The lowest BCUT2D eigenvalue weighted by Crippen LogP contribution is -2.55. The van der Waals surface area contributed by atoms with Gasteiger partial charge in [-0.25, -0.2) is 4.79 Å². The number of nitrogens with two attached hydrogens (primary N) is 1. The Morgan fingerprint density at radius 3 is 2.07 bits per heavy atom. The van der Waals surface area contributed by atoms with Crippen molar-refractivity contribution in [1.29, 1.82) is 0 Å². The summed E-state index contributed by atoms with van der Waals surface area (Å²) in [4.78, 5) is 54.4. The van der Waals surface area contributed by atoms with Crippen LogP contribution < -0.4 is 21.1 Å². The van der Waals surface area contributed by atoms with Crippen molar-refractivity contribution in [3.8, 4) is 5.75 Å². The minimum Gasteiger partial charge on any atom is -0.497 e. The summed E-state index contributed by atoms with van der Waals surface area (Å²) in [5, 5.41) is 5.57. The number of amides is 4. The third kappa shape index (κ3) is 9.51. The first-order chi connectivity index (χ1) is 19.2. The molecule has 0 heterocycles. The van der Waals surface area contributed by atoms with Crippen molar-refractivity contribution < 1.29 is 28.7 Å². The van der Waals surface area contributed by atoms with Crippen molar-refractivity contribution in [3.63, 3.8) is 0 Å². The molecule has 0 spiro atoms. The van der Waals surface area contributed by atoms with Gasteiger partial charge in [-0.3, -0.25) is 14.4 Å². The molecule has 4 N–H and O–H groups in total. The molecular formula is C31H44N4O6. The van der Waals surface area contributed by atoms with Crippen molar-refractivity contribution in [2.75, 3.05) is 12.4 Å². The standard InChI is InChI=1S/C31H44N4O6/c1-9-21(4)35(29(38)24(17-18-25(32)36)34-30(39)41-31(5,6)7)27(26-19(2)11-10-12-20(26)3)28(37)33-22-13-15-23(40-8)16-14-22/h10-16,21,24,27H,9,17-18H2,1-8H3,(H2,32,36)(H,33,37)(H,34,39). The van der Waals surface area contributed by atoms with Crippen LogP contribution in [0.2, 0.25) is 0 Å². The Labute approximate surface area is 242 Å². The molecule has 0 saturated carbocycles. The average Bonchev–Trinajstić information content (AvgIpc) is 2.89. The Morgan fingerprint density at radius 1 is 1.00 bits per heavy atom. The van der Waals surface area contributed by atoms with Gasteiger partial charge in [-0.1, -0.05) is 25.1 Å². The van der Waals surface area contributed by atoms with Crippen LogP contribution in [-0.2, 0) is 19.1 Å². The summed E-state index contributed by atoms with van der Waals surface area (Å²) in [6.07, 6.45) is -0.486. The summed E-state index contributed by atoms with van der Waals surface area (Å²) in [7, 11) is 1.56. The number of carbonyl (C=O) groups is 4. The van der Waals surface area contributed by atoms with Gasteiger partial charge in [0.2, 0.25) is 11.8 Å². The molecule has 0 aliphatic heterocycles. The number of primary amides is 1. The summed E-state index contributed by atoms with van der Waals surface area (Å²) in [5.74, 6) is -0.931. The number of methoxy groups -OCH3 is 1. The summed E-state index contributed by atoms with van der Waals surface area (Å²) in [6, 6.07) is 9.94. The maximum atomic E-state index is 14.3. The van der Waals surface area contributed by atoms with E-state index in [1.54, 1.807) is 52.1 Å². The minimum absolute atomic E-state index is 0.0556. The van der Waals surface area contributed by atoms with E-state index in [0.717, 1.165) is 11.1 Å². The third-order valence-electron chi connectivity index (χ3n) is 6.69. The van der Waals surface area contributed by atoms with E-state index >= 15 is 0 Å². The van der Waals surface area contributed by atoms with E-state index < -0.39 is 47.5 Å². The molecule has 2 aromatic rings. The molecule has 0 saturated heterocycles. The maximum Gasteiger partial charge on any atom is 0.408 e. The second-order valence-electron chi connectivity index (χ2n) is 11.1. The maximum absolute atomic E-state index is 14.3. The highest BCUT2D eigenvalue weighted by Crippen LogP contribution is 2.32. The van der Waals surface area contributed by atoms with Gasteiger partial charge in [-0.05, 0) is 95.3 Å². The Morgan fingerprint density at radius 2 is 1.59 bits per heavy atom. The van der Waals surface area contributed by atoms with Gasteiger partial charge in [0, 0.05) is 18.2 Å². The molecule has 3 unspecified atom stereocenters. The van der Waals surface area contributed by atoms with Gasteiger partial charge >= 0.3 is 6.09 Å². The topological polar surface area (TPSA) is 140 Å². The monoisotopic (exact) mass is 568 g/mol. The number of nitrogens with one attached hydrogen (secondary N) is 2. The molecule has 41 heavy (non-hydrogen) atoms. The normalized spacial score (nSPS) is 13.4. The SMILES string of the molecule is CCC(C)N(C(=O)C(CCC(N)=O)NC(=O)OC(C)(C)C)C(C(=O)Nc1ccc(OC)cc1)c1c(C)cccc1C. The zero-order valence-corrected chi connectivity index (χ0v) is 25.4. The molecule has 0 radical (unpaired) electrons. The molecular weight excluding hydrogens is 524 g/mol. The number of rotatable bonds is 12. The summed E-state index contributed by atoms with van der Waals surface area (Å²) in [6.45, 7) is 12.7. The summed E-state index contributed by atoms with van der Waals surface area (Å²) >= 11 is 0. The van der Waals surface area contributed by atoms with Crippen LogP contribution in [0.5, 0.6) is 5.75 Å². The third-order valence-corrected chi connectivity index (χ3v) is 6.69. The first kappa shape index (κ1) is 33.1. The van der Waals surface area contributed by atoms with Crippen molar-refractivity contribution in [2.24, 2.45) is 5.73 Å². The molecule has 0 fully saturated rings. The van der Waals surface area contributed by atoms with Gasteiger partial charge in [0.15, 0.2) is 0 Å². The van der Waals surface area contributed by atoms with E-state index in [4.69, 9.17) is 15.2 Å². The first-order valence-electron chi connectivity index (χ1n) is 13.8. The average molecular weight is 569 g/mol. The summed E-state index contributed by atoms with van der Waals surface area (Å²) in [5.41, 5.74) is 7.46. The van der Waals surface area contributed by atoms with E-state index in [1.807, 2.05) is 45.9 Å². The number of carbonyl (C=O) groups excluding carboxylic acids is 4. The number of hydrogen-bond donors (Lipinski definition) is 3. The Kier molecular flexibility index (Phi) is 11.7. The number of benzene rings is 2. The molecule has 0 aliphatic carbocycles. The fourth-order valence-electron chi connectivity index (χ4n) is 4.51. The number of aryl methyl sites for hydroxylation is 2. The zero-order chi connectivity index (χ0) is 30.9. The minimum atomic E-state index is -1.16. The molecule has 2 rings (SSSR count). The smallest absolute Gasteiger partial charge is 0.408 e. The lowest BCUT2D eigenvalue weighted by molar-refractivity contribution is -0.143.